The van der Waals surface area contributed by atoms with Crippen molar-refractivity contribution in [2.45, 2.75) is 0 Å². The molecule has 1 rings (SSSR count). The zero-order valence-electron chi connectivity index (χ0n) is 7.03. The molecule has 1 aromatic rings. The van der Waals surface area contributed by atoms with Crippen LogP contribution >= 0.6 is 0 Å². The molecule has 0 radical (unpaired) electrons. The average Bonchev–Trinajstić information content (AvgIpc) is 2.15. The molecule has 0 aromatic heterocycles. The summed E-state index contributed by atoms with van der Waals surface area (Å²) in [4.78, 5) is 10.3. The standard InChI is InChI=1S/C10H10FNO/c11-10-6-8(2-1-5-12)3-4-9(10)7-13/h1-4,6-7H,5,12H2. The lowest BCUT2D eigenvalue weighted by Gasteiger charge is -1.96. The fourth-order valence-electron chi connectivity index (χ4n) is 0.947. The van der Waals surface area contributed by atoms with E-state index in [0.717, 1.165) is 0 Å². The first-order valence-electron chi connectivity index (χ1n) is 3.89. The molecule has 2 N–H and O–H groups in total. The molecular formula is C10H10FNO. The normalized spacial score (nSPS) is 10.6. The quantitative estimate of drug-likeness (QED) is 0.716. The van der Waals surface area contributed by atoms with Gasteiger partial charge in [0.2, 0.25) is 0 Å². The van der Waals surface area contributed by atoms with E-state index in [9.17, 15) is 9.18 Å². The van der Waals surface area contributed by atoms with Crippen molar-refractivity contribution in [1.29, 1.82) is 0 Å². The summed E-state index contributed by atoms with van der Waals surface area (Å²) < 4.78 is 13.0. The summed E-state index contributed by atoms with van der Waals surface area (Å²) in [5.41, 5.74) is 6.01. The summed E-state index contributed by atoms with van der Waals surface area (Å²) in [5, 5.41) is 0. The van der Waals surface area contributed by atoms with E-state index in [4.69, 9.17) is 5.73 Å². The molecule has 0 atom stereocenters. The molecule has 2 nitrogen and oxygen atoms in total. The maximum absolute atomic E-state index is 13.0. The number of nitrogens with two attached hydrogens (primary N) is 1. The molecule has 13 heavy (non-hydrogen) atoms. The van der Waals surface area contributed by atoms with Gasteiger partial charge in [-0.25, -0.2) is 4.39 Å². The Hall–Kier alpha value is -1.48. The number of halogens is 1. The fraction of sp³-hybridized carbons (Fsp3) is 0.100. The van der Waals surface area contributed by atoms with E-state index in [1.807, 2.05) is 0 Å². The molecule has 0 amide bonds. The molecule has 0 aliphatic heterocycles. The summed E-state index contributed by atoms with van der Waals surface area (Å²) in [7, 11) is 0. The molecule has 0 spiro atoms. The molecule has 3 heteroatoms. The number of hydrogen-bond acceptors (Lipinski definition) is 2. The number of carbonyl (C=O) groups excluding carboxylic acids is 1. The van der Waals surface area contributed by atoms with Crippen molar-refractivity contribution in [1.82, 2.24) is 0 Å². The summed E-state index contributed by atoms with van der Waals surface area (Å²) in [6, 6.07) is 4.41. The van der Waals surface area contributed by atoms with E-state index in [1.165, 1.54) is 12.1 Å². The van der Waals surface area contributed by atoms with Crippen LogP contribution in [0, 0.1) is 5.82 Å². The maximum Gasteiger partial charge on any atom is 0.152 e. The first kappa shape index (κ1) is 9.61. The van der Waals surface area contributed by atoms with Gasteiger partial charge in [-0.1, -0.05) is 18.2 Å². The van der Waals surface area contributed by atoms with Crippen molar-refractivity contribution in [2.24, 2.45) is 5.73 Å². The second kappa shape index (κ2) is 4.52. The predicted octanol–water partition coefficient (Wildman–Crippen LogP) is 1.61. The third-order valence-electron chi connectivity index (χ3n) is 1.60. The van der Waals surface area contributed by atoms with Crippen LogP contribution in [0.4, 0.5) is 4.39 Å². The van der Waals surface area contributed by atoms with Crippen LogP contribution in [0.25, 0.3) is 6.08 Å². The Bertz CT molecular complexity index is 334. The largest absolute Gasteiger partial charge is 0.327 e. The molecule has 0 saturated heterocycles. The fourth-order valence-corrected chi connectivity index (χ4v) is 0.947. The van der Waals surface area contributed by atoms with Crippen LogP contribution in [0.15, 0.2) is 24.3 Å². The van der Waals surface area contributed by atoms with Crippen LogP contribution in [0.1, 0.15) is 15.9 Å². The highest BCUT2D eigenvalue weighted by Gasteiger charge is 1.99. The molecule has 0 aliphatic carbocycles. The Kier molecular flexibility index (Phi) is 3.34. The molecule has 68 valence electrons. The Balaban J connectivity index is 2.95. The van der Waals surface area contributed by atoms with Gasteiger partial charge in [0, 0.05) is 6.54 Å². The molecule has 0 heterocycles. The first-order chi connectivity index (χ1) is 6.27. The van der Waals surface area contributed by atoms with E-state index in [1.54, 1.807) is 18.2 Å². The average molecular weight is 179 g/mol. The molecule has 1 aromatic carbocycles. The van der Waals surface area contributed by atoms with Gasteiger partial charge in [0.05, 0.1) is 5.56 Å². The van der Waals surface area contributed by atoms with E-state index >= 15 is 0 Å². The van der Waals surface area contributed by atoms with Gasteiger partial charge in [-0.05, 0) is 17.7 Å². The van der Waals surface area contributed by atoms with Crippen molar-refractivity contribution in [3.8, 4) is 0 Å². The van der Waals surface area contributed by atoms with Gasteiger partial charge in [-0.2, -0.15) is 0 Å². The van der Waals surface area contributed by atoms with Crippen LogP contribution in [0.5, 0.6) is 0 Å². The van der Waals surface area contributed by atoms with Crippen molar-refractivity contribution >= 4 is 12.4 Å². The lowest BCUT2D eigenvalue weighted by molar-refractivity contribution is 0.112. The number of hydrogen-bond donors (Lipinski definition) is 1. The summed E-state index contributed by atoms with van der Waals surface area (Å²) in [5.74, 6) is -0.505. The molecule has 0 unspecified atom stereocenters. The van der Waals surface area contributed by atoms with Gasteiger partial charge >= 0.3 is 0 Å². The SMILES string of the molecule is NCC=Cc1ccc(C=O)c(F)c1. The maximum atomic E-state index is 13.0. The van der Waals surface area contributed by atoms with Gasteiger partial charge in [-0.15, -0.1) is 0 Å². The zero-order valence-corrected chi connectivity index (χ0v) is 7.03. The Morgan fingerprint density at radius 3 is 2.77 bits per heavy atom. The van der Waals surface area contributed by atoms with Crippen molar-refractivity contribution in [3.63, 3.8) is 0 Å². The highest BCUT2D eigenvalue weighted by Crippen LogP contribution is 2.09. The molecule has 0 bridgehead atoms. The lowest BCUT2D eigenvalue weighted by atomic mass is 10.1. The summed E-state index contributed by atoms with van der Waals surface area (Å²) in [6.45, 7) is 0.414. The van der Waals surface area contributed by atoms with Gasteiger partial charge in [0.15, 0.2) is 6.29 Å². The minimum absolute atomic E-state index is 0.0740. The van der Waals surface area contributed by atoms with Gasteiger partial charge in [0.1, 0.15) is 5.82 Å². The van der Waals surface area contributed by atoms with Gasteiger partial charge < -0.3 is 5.73 Å². The number of rotatable bonds is 3. The Labute approximate surface area is 75.9 Å². The van der Waals surface area contributed by atoms with Crippen molar-refractivity contribution in [3.05, 3.63) is 41.2 Å². The van der Waals surface area contributed by atoms with E-state index in [-0.39, 0.29) is 5.56 Å². The van der Waals surface area contributed by atoms with E-state index in [0.29, 0.717) is 18.4 Å². The molecule has 0 saturated carbocycles. The van der Waals surface area contributed by atoms with Crippen LogP contribution in [-0.2, 0) is 0 Å². The highest BCUT2D eigenvalue weighted by atomic mass is 19.1. The summed E-state index contributed by atoms with van der Waals surface area (Å²) in [6.07, 6.45) is 3.92. The van der Waals surface area contributed by atoms with Gasteiger partial charge in [-0.3, -0.25) is 4.79 Å². The minimum Gasteiger partial charge on any atom is -0.327 e. The topological polar surface area (TPSA) is 43.1 Å². The number of carbonyl (C=O) groups is 1. The summed E-state index contributed by atoms with van der Waals surface area (Å²) >= 11 is 0. The van der Waals surface area contributed by atoms with Crippen LogP contribution in [-0.4, -0.2) is 12.8 Å². The minimum atomic E-state index is -0.505. The van der Waals surface area contributed by atoms with Gasteiger partial charge in [0.25, 0.3) is 0 Å². The number of benzene rings is 1. The molecule has 0 fully saturated rings. The van der Waals surface area contributed by atoms with E-state index < -0.39 is 5.82 Å². The van der Waals surface area contributed by atoms with Crippen LogP contribution < -0.4 is 5.73 Å². The predicted molar refractivity (Wildman–Crippen MR) is 49.9 cm³/mol. The highest BCUT2D eigenvalue weighted by molar-refractivity contribution is 5.75. The number of aldehydes is 1. The second-order valence-electron chi connectivity index (χ2n) is 2.54. The van der Waals surface area contributed by atoms with Crippen LogP contribution in [0.2, 0.25) is 0 Å². The van der Waals surface area contributed by atoms with Crippen molar-refractivity contribution in [2.75, 3.05) is 6.54 Å². The van der Waals surface area contributed by atoms with Crippen molar-refractivity contribution < 1.29 is 9.18 Å². The van der Waals surface area contributed by atoms with E-state index in [2.05, 4.69) is 0 Å². The Morgan fingerprint density at radius 2 is 2.23 bits per heavy atom. The lowest BCUT2D eigenvalue weighted by Crippen LogP contribution is -1.92. The molecule has 0 aliphatic rings. The Morgan fingerprint density at radius 1 is 1.46 bits per heavy atom. The third-order valence-corrected chi connectivity index (χ3v) is 1.60. The first-order valence-corrected chi connectivity index (χ1v) is 3.89. The smallest absolute Gasteiger partial charge is 0.152 e. The second-order valence-corrected chi connectivity index (χ2v) is 2.54. The molecular weight excluding hydrogens is 169 g/mol. The van der Waals surface area contributed by atoms with Crippen LogP contribution in [0.3, 0.4) is 0 Å². The third kappa shape index (κ3) is 2.49. The monoisotopic (exact) mass is 179 g/mol. The zero-order chi connectivity index (χ0) is 9.68.